The number of aromatic carboxylic acids is 1. The summed E-state index contributed by atoms with van der Waals surface area (Å²) in [6.07, 6.45) is 2.89. The molecule has 0 spiro atoms. The second-order valence-corrected chi connectivity index (χ2v) is 5.69. The predicted octanol–water partition coefficient (Wildman–Crippen LogP) is 1.36. The number of rotatable bonds is 8. The lowest BCUT2D eigenvalue weighted by atomic mass is 10.2. The summed E-state index contributed by atoms with van der Waals surface area (Å²) >= 11 is 0. The highest BCUT2D eigenvalue weighted by molar-refractivity contribution is 7.89. The summed E-state index contributed by atoms with van der Waals surface area (Å²) in [5.41, 5.74) is 2.35. The smallest absolute Gasteiger partial charge is 0.337 e. The van der Waals surface area contributed by atoms with Gasteiger partial charge in [0.1, 0.15) is 0 Å². The number of carboxylic acids is 1. The molecule has 19 heavy (non-hydrogen) atoms. The highest BCUT2D eigenvalue weighted by Gasteiger charge is 2.21. The summed E-state index contributed by atoms with van der Waals surface area (Å²) in [6, 6.07) is 5.49. The van der Waals surface area contributed by atoms with Gasteiger partial charge in [-0.2, -0.15) is 0 Å². The monoisotopic (exact) mass is 286 g/mol. The topological polar surface area (TPSA) is 95.5 Å². The van der Waals surface area contributed by atoms with Gasteiger partial charge in [-0.05, 0) is 18.6 Å². The molecule has 0 bridgehead atoms. The van der Waals surface area contributed by atoms with E-state index in [0.717, 1.165) is 19.3 Å². The van der Waals surface area contributed by atoms with E-state index in [-0.39, 0.29) is 10.5 Å². The van der Waals surface area contributed by atoms with E-state index in [1.165, 1.54) is 24.3 Å². The van der Waals surface area contributed by atoms with E-state index in [2.05, 4.69) is 10.3 Å². The van der Waals surface area contributed by atoms with Crippen molar-refractivity contribution in [1.29, 1.82) is 0 Å². The van der Waals surface area contributed by atoms with Gasteiger partial charge in [0.05, 0.1) is 10.5 Å². The molecular formula is C12H18N2O4S. The maximum absolute atomic E-state index is 12.0. The van der Waals surface area contributed by atoms with Gasteiger partial charge >= 0.3 is 5.97 Å². The zero-order valence-electron chi connectivity index (χ0n) is 10.7. The Balaban J connectivity index is 2.75. The van der Waals surface area contributed by atoms with Crippen LogP contribution in [0.1, 0.15) is 36.5 Å². The maximum Gasteiger partial charge on any atom is 0.337 e. The highest BCUT2D eigenvalue weighted by atomic mass is 32.2. The fraction of sp³-hybridized carbons (Fsp3) is 0.417. The van der Waals surface area contributed by atoms with Crippen molar-refractivity contribution in [3.05, 3.63) is 29.8 Å². The number of sulfonamides is 1. The van der Waals surface area contributed by atoms with E-state index in [0.29, 0.717) is 6.54 Å². The Hall–Kier alpha value is -1.44. The van der Waals surface area contributed by atoms with E-state index < -0.39 is 16.0 Å². The van der Waals surface area contributed by atoms with E-state index in [1.54, 1.807) is 0 Å². The molecule has 0 radical (unpaired) electrons. The molecule has 0 saturated heterocycles. The Morgan fingerprint density at radius 3 is 2.58 bits per heavy atom. The fourth-order valence-electron chi connectivity index (χ4n) is 1.54. The SMILES string of the molecule is CCCCCNNS(=O)(=O)c1ccccc1C(=O)O. The number of unbranched alkanes of at least 4 members (excludes halogenated alkanes) is 2. The summed E-state index contributed by atoms with van der Waals surface area (Å²) in [5.74, 6) is -1.27. The van der Waals surface area contributed by atoms with Gasteiger partial charge in [-0.1, -0.05) is 31.9 Å². The van der Waals surface area contributed by atoms with Gasteiger partial charge in [-0.25, -0.2) is 18.6 Å². The van der Waals surface area contributed by atoms with Crippen LogP contribution in [0, 0.1) is 0 Å². The van der Waals surface area contributed by atoms with Crippen LogP contribution in [0.15, 0.2) is 29.2 Å². The van der Waals surface area contributed by atoms with Gasteiger partial charge in [0, 0.05) is 6.54 Å². The van der Waals surface area contributed by atoms with Gasteiger partial charge in [0.2, 0.25) is 0 Å². The third kappa shape index (κ3) is 4.62. The average Bonchev–Trinajstić information content (AvgIpc) is 2.38. The quantitative estimate of drug-likeness (QED) is 0.495. The van der Waals surface area contributed by atoms with Gasteiger partial charge < -0.3 is 5.11 Å². The molecule has 0 aliphatic heterocycles. The van der Waals surface area contributed by atoms with Crippen molar-refractivity contribution in [2.45, 2.75) is 31.1 Å². The number of carboxylic acid groups (broad SMARTS) is 1. The molecule has 1 aromatic rings. The van der Waals surface area contributed by atoms with Crippen LogP contribution in [0.2, 0.25) is 0 Å². The van der Waals surface area contributed by atoms with Crippen molar-refractivity contribution in [3.63, 3.8) is 0 Å². The van der Waals surface area contributed by atoms with Gasteiger partial charge in [-0.15, -0.1) is 4.83 Å². The molecule has 0 heterocycles. The molecule has 1 rings (SSSR count). The normalized spacial score (nSPS) is 11.4. The van der Waals surface area contributed by atoms with E-state index in [4.69, 9.17) is 5.11 Å². The number of nitrogens with one attached hydrogen (secondary N) is 2. The number of hydrazine groups is 1. The molecule has 7 heteroatoms. The van der Waals surface area contributed by atoms with Crippen molar-refractivity contribution < 1.29 is 18.3 Å². The lowest BCUT2D eigenvalue weighted by Crippen LogP contribution is -2.38. The summed E-state index contributed by atoms with van der Waals surface area (Å²) in [5, 5.41) is 8.96. The molecule has 0 atom stereocenters. The van der Waals surface area contributed by atoms with Crippen LogP contribution in [0.4, 0.5) is 0 Å². The summed E-state index contributed by atoms with van der Waals surface area (Å²) in [4.78, 5) is 12.9. The van der Waals surface area contributed by atoms with Crippen molar-refractivity contribution in [2.75, 3.05) is 6.54 Å². The first-order valence-corrected chi connectivity index (χ1v) is 7.54. The Bertz CT molecular complexity index is 528. The number of benzene rings is 1. The largest absolute Gasteiger partial charge is 0.478 e. The van der Waals surface area contributed by atoms with Crippen molar-refractivity contribution in [1.82, 2.24) is 10.3 Å². The Morgan fingerprint density at radius 1 is 1.26 bits per heavy atom. The minimum atomic E-state index is -3.87. The summed E-state index contributed by atoms with van der Waals surface area (Å²) in [7, 11) is -3.87. The first-order chi connectivity index (χ1) is 8.99. The molecule has 0 amide bonds. The standard InChI is InChI=1S/C12H18N2O4S/c1-2-3-6-9-13-14-19(17,18)11-8-5-4-7-10(11)12(15)16/h4-5,7-8,13-14H,2-3,6,9H2,1H3,(H,15,16). The Labute approximate surface area is 112 Å². The molecule has 0 aliphatic carbocycles. The average molecular weight is 286 g/mol. The van der Waals surface area contributed by atoms with E-state index >= 15 is 0 Å². The van der Waals surface area contributed by atoms with Crippen molar-refractivity contribution in [2.24, 2.45) is 0 Å². The van der Waals surface area contributed by atoms with Crippen LogP contribution in [0.25, 0.3) is 0 Å². The predicted molar refractivity (Wildman–Crippen MR) is 71.3 cm³/mol. The number of carbonyl (C=O) groups is 1. The van der Waals surface area contributed by atoms with Crippen LogP contribution in [-0.4, -0.2) is 26.0 Å². The minimum absolute atomic E-state index is 0.245. The first kappa shape index (κ1) is 15.6. The van der Waals surface area contributed by atoms with E-state index in [9.17, 15) is 13.2 Å². The minimum Gasteiger partial charge on any atom is -0.478 e. The fourth-order valence-corrected chi connectivity index (χ4v) is 2.65. The molecule has 1 aromatic carbocycles. The van der Waals surface area contributed by atoms with Crippen LogP contribution < -0.4 is 10.3 Å². The molecule has 0 fully saturated rings. The lowest BCUT2D eigenvalue weighted by molar-refractivity contribution is 0.0692. The third-order valence-corrected chi connectivity index (χ3v) is 3.87. The second kappa shape index (κ2) is 7.22. The van der Waals surface area contributed by atoms with Crippen LogP contribution in [0.5, 0.6) is 0 Å². The molecule has 3 N–H and O–H groups in total. The van der Waals surface area contributed by atoms with Gasteiger partial charge in [-0.3, -0.25) is 0 Å². The number of hydrogen-bond donors (Lipinski definition) is 3. The molecule has 0 saturated carbocycles. The van der Waals surface area contributed by atoms with Crippen LogP contribution in [-0.2, 0) is 10.0 Å². The maximum atomic E-state index is 12.0. The zero-order chi connectivity index (χ0) is 14.3. The molecule has 0 aliphatic rings. The molecule has 6 nitrogen and oxygen atoms in total. The first-order valence-electron chi connectivity index (χ1n) is 6.06. The summed E-state index contributed by atoms with van der Waals surface area (Å²) in [6.45, 7) is 2.55. The van der Waals surface area contributed by atoms with Crippen molar-refractivity contribution >= 4 is 16.0 Å². The number of hydrogen-bond acceptors (Lipinski definition) is 4. The molecule has 0 aromatic heterocycles. The van der Waals surface area contributed by atoms with Crippen LogP contribution >= 0.6 is 0 Å². The molecular weight excluding hydrogens is 268 g/mol. The summed E-state index contributed by atoms with van der Waals surface area (Å²) < 4.78 is 23.9. The van der Waals surface area contributed by atoms with Gasteiger partial charge in [0.25, 0.3) is 10.0 Å². The van der Waals surface area contributed by atoms with E-state index in [1.807, 2.05) is 6.92 Å². The lowest BCUT2D eigenvalue weighted by Gasteiger charge is -2.10. The Kier molecular flexibility index (Phi) is 5.94. The highest BCUT2D eigenvalue weighted by Crippen LogP contribution is 2.14. The molecule has 106 valence electrons. The zero-order valence-corrected chi connectivity index (χ0v) is 11.5. The van der Waals surface area contributed by atoms with Crippen LogP contribution in [0.3, 0.4) is 0 Å². The second-order valence-electron chi connectivity index (χ2n) is 4.04. The third-order valence-electron chi connectivity index (χ3n) is 2.52. The van der Waals surface area contributed by atoms with Gasteiger partial charge in [0.15, 0.2) is 0 Å². The van der Waals surface area contributed by atoms with Crippen molar-refractivity contribution in [3.8, 4) is 0 Å². The Morgan fingerprint density at radius 2 is 1.95 bits per heavy atom. The molecule has 0 unspecified atom stereocenters.